The molecule has 9 heteroatoms. The maximum atomic E-state index is 14.2. The number of amides is 2. The first-order chi connectivity index (χ1) is 19.6. The number of anilines is 1. The highest BCUT2D eigenvalue weighted by atomic mass is 32.2. The van der Waals surface area contributed by atoms with Crippen molar-refractivity contribution in [3.63, 3.8) is 0 Å². The Bertz CT molecular complexity index is 1440. The second-order valence-electron chi connectivity index (χ2n) is 10.7. The van der Waals surface area contributed by atoms with Gasteiger partial charge in [-0.15, -0.1) is 0 Å². The van der Waals surface area contributed by atoms with E-state index in [0.29, 0.717) is 17.9 Å². The van der Waals surface area contributed by atoms with Crippen molar-refractivity contribution in [1.29, 1.82) is 0 Å². The van der Waals surface area contributed by atoms with E-state index in [1.54, 1.807) is 25.3 Å². The van der Waals surface area contributed by atoms with Gasteiger partial charge in [0.2, 0.25) is 21.8 Å². The molecule has 3 aromatic carbocycles. The van der Waals surface area contributed by atoms with Crippen LogP contribution in [0.3, 0.4) is 0 Å². The van der Waals surface area contributed by atoms with Crippen LogP contribution in [0.15, 0.2) is 78.9 Å². The summed E-state index contributed by atoms with van der Waals surface area (Å²) in [6.45, 7) is 1.54. The zero-order chi connectivity index (χ0) is 29.4. The van der Waals surface area contributed by atoms with Gasteiger partial charge in [0.05, 0.1) is 19.1 Å². The third kappa shape index (κ3) is 8.33. The van der Waals surface area contributed by atoms with Crippen LogP contribution < -0.4 is 14.4 Å². The normalized spacial score (nSPS) is 14.3. The second kappa shape index (κ2) is 13.7. The summed E-state index contributed by atoms with van der Waals surface area (Å²) in [5.74, 6) is -0.0804. The Labute approximate surface area is 243 Å². The number of nitrogens with one attached hydrogen (secondary N) is 1. The van der Waals surface area contributed by atoms with E-state index in [1.165, 1.54) is 4.90 Å². The monoisotopic (exact) mass is 577 g/mol. The molecule has 3 aromatic rings. The fraction of sp³-hybridized carbons (Fsp3) is 0.375. The van der Waals surface area contributed by atoms with E-state index in [-0.39, 0.29) is 18.5 Å². The molecule has 1 fully saturated rings. The predicted octanol–water partition coefficient (Wildman–Crippen LogP) is 4.47. The second-order valence-corrected chi connectivity index (χ2v) is 12.6. The maximum Gasteiger partial charge on any atom is 0.244 e. The molecule has 1 aliphatic rings. The van der Waals surface area contributed by atoms with E-state index in [9.17, 15) is 18.0 Å². The van der Waals surface area contributed by atoms with Gasteiger partial charge in [0.25, 0.3) is 0 Å². The topological polar surface area (TPSA) is 96.0 Å². The highest BCUT2D eigenvalue weighted by Crippen LogP contribution is 2.23. The molecule has 0 bridgehead atoms. The molecule has 1 saturated carbocycles. The van der Waals surface area contributed by atoms with Crippen LogP contribution in [0, 0.1) is 6.92 Å². The van der Waals surface area contributed by atoms with Crippen LogP contribution >= 0.6 is 0 Å². The van der Waals surface area contributed by atoms with Gasteiger partial charge in [-0.3, -0.25) is 13.9 Å². The Hall–Kier alpha value is -3.85. The van der Waals surface area contributed by atoms with Crippen LogP contribution in [-0.2, 0) is 32.6 Å². The summed E-state index contributed by atoms with van der Waals surface area (Å²) in [4.78, 5) is 29.6. The van der Waals surface area contributed by atoms with Crippen LogP contribution in [0.4, 0.5) is 5.69 Å². The average molecular weight is 578 g/mol. The Kier molecular flexibility index (Phi) is 10.0. The quantitative estimate of drug-likeness (QED) is 0.343. The van der Waals surface area contributed by atoms with Gasteiger partial charge >= 0.3 is 0 Å². The minimum atomic E-state index is -3.81. The van der Waals surface area contributed by atoms with E-state index >= 15 is 0 Å². The molecule has 8 nitrogen and oxygen atoms in total. The Morgan fingerprint density at radius 3 is 2.29 bits per heavy atom. The zero-order valence-corrected chi connectivity index (χ0v) is 24.8. The molecular formula is C32H39N3O5S. The van der Waals surface area contributed by atoms with Gasteiger partial charge in [-0.2, -0.15) is 0 Å². The Morgan fingerprint density at radius 1 is 0.951 bits per heavy atom. The lowest BCUT2D eigenvalue weighted by Crippen LogP contribution is -2.54. The third-order valence-corrected chi connectivity index (χ3v) is 8.57. The predicted molar refractivity (Wildman–Crippen MR) is 161 cm³/mol. The zero-order valence-electron chi connectivity index (χ0n) is 24.0. The number of sulfonamides is 1. The van der Waals surface area contributed by atoms with E-state index in [4.69, 9.17) is 4.74 Å². The number of nitrogens with zero attached hydrogens (tertiary/aromatic N) is 2. The molecule has 218 valence electrons. The summed E-state index contributed by atoms with van der Waals surface area (Å²) in [6, 6.07) is 23.1. The summed E-state index contributed by atoms with van der Waals surface area (Å²) in [5.41, 5.74) is 2.94. The van der Waals surface area contributed by atoms with Crippen LogP contribution in [0.1, 0.15) is 42.4 Å². The number of carbonyl (C=O) groups excluding carboxylic acids is 2. The molecule has 4 rings (SSSR count). The molecule has 1 atom stereocenters. The SMILES string of the molecule is COc1cccc(CN(C(=O)CN(c2cccc(C)c2)S(C)(=O)=O)C(Cc2ccccc2)C(=O)NC2CCCC2)c1. The van der Waals surface area contributed by atoms with E-state index < -0.39 is 28.5 Å². The lowest BCUT2D eigenvalue weighted by Gasteiger charge is -2.34. The summed E-state index contributed by atoms with van der Waals surface area (Å²) in [7, 11) is -2.23. The van der Waals surface area contributed by atoms with Crippen molar-refractivity contribution in [2.24, 2.45) is 0 Å². The summed E-state index contributed by atoms with van der Waals surface area (Å²) >= 11 is 0. The number of hydrogen-bond acceptors (Lipinski definition) is 5. The van der Waals surface area contributed by atoms with Crippen molar-refractivity contribution >= 4 is 27.5 Å². The maximum absolute atomic E-state index is 14.2. The average Bonchev–Trinajstić information content (AvgIpc) is 3.46. The number of ether oxygens (including phenoxy) is 1. The lowest BCUT2D eigenvalue weighted by atomic mass is 10.0. The Morgan fingerprint density at radius 2 is 1.63 bits per heavy atom. The molecule has 0 heterocycles. The molecule has 1 unspecified atom stereocenters. The molecule has 0 aliphatic heterocycles. The Balaban J connectivity index is 1.73. The number of aryl methyl sites for hydroxylation is 1. The molecule has 1 N–H and O–H groups in total. The van der Waals surface area contributed by atoms with Crippen molar-refractivity contribution in [3.05, 3.63) is 95.6 Å². The van der Waals surface area contributed by atoms with Gasteiger partial charge in [0, 0.05) is 19.0 Å². The number of hydrogen-bond donors (Lipinski definition) is 1. The minimum Gasteiger partial charge on any atom is -0.497 e. The van der Waals surface area contributed by atoms with Gasteiger partial charge in [-0.25, -0.2) is 8.42 Å². The van der Waals surface area contributed by atoms with Crippen molar-refractivity contribution in [2.45, 2.75) is 57.7 Å². The fourth-order valence-corrected chi connectivity index (χ4v) is 6.13. The van der Waals surface area contributed by atoms with Gasteiger partial charge < -0.3 is 15.0 Å². The van der Waals surface area contributed by atoms with Gasteiger partial charge in [0.15, 0.2) is 0 Å². The first kappa shape index (κ1) is 30.1. The molecule has 41 heavy (non-hydrogen) atoms. The molecular weight excluding hydrogens is 538 g/mol. The summed E-state index contributed by atoms with van der Waals surface area (Å²) in [6.07, 6.45) is 5.30. The smallest absolute Gasteiger partial charge is 0.244 e. The highest BCUT2D eigenvalue weighted by Gasteiger charge is 2.34. The van der Waals surface area contributed by atoms with Crippen molar-refractivity contribution in [1.82, 2.24) is 10.2 Å². The number of methoxy groups -OCH3 is 1. The standard InChI is InChI=1S/C32H39N3O5S/c1-24-11-9-17-28(19-24)35(41(3,38)39)23-31(36)34(22-26-14-10-18-29(20-26)40-2)30(21-25-12-5-4-6-13-25)32(37)33-27-15-7-8-16-27/h4-6,9-14,17-20,27,30H,7-8,15-16,21-23H2,1-3H3,(H,33,37). The molecule has 0 aromatic heterocycles. The van der Waals surface area contributed by atoms with Crippen LogP contribution in [-0.4, -0.2) is 57.1 Å². The summed E-state index contributed by atoms with van der Waals surface area (Å²) in [5, 5.41) is 3.18. The summed E-state index contributed by atoms with van der Waals surface area (Å²) < 4.78 is 32.4. The lowest BCUT2D eigenvalue weighted by molar-refractivity contribution is -0.140. The first-order valence-electron chi connectivity index (χ1n) is 13.9. The van der Waals surface area contributed by atoms with Crippen molar-refractivity contribution < 1.29 is 22.7 Å². The van der Waals surface area contributed by atoms with E-state index in [0.717, 1.165) is 52.9 Å². The van der Waals surface area contributed by atoms with Crippen LogP contribution in [0.5, 0.6) is 5.75 Å². The van der Waals surface area contributed by atoms with Crippen molar-refractivity contribution in [3.8, 4) is 5.75 Å². The van der Waals surface area contributed by atoms with Gasteiger partial charge in [-0.05, 0) is 60.7 Å². The highest BCUT2D eigenvalue weighted by molar-refractivity contribution is 7.92. The third-order valence-electron chi connectivity index (χ3n) is 7.43. The van der Waals surface area contributed by atoms with Crippen molar-refractivity contribution in [2.75, 3.05) is 24.2 Å². The molecule has 0 saturated heterocycles. The van der Waals surface area contributed by atoms with Gasteiger partial charge in [0.1, 0.15) is 18.3 Å². The largest absolute Gasteiger partial charge is 0.497 e. The van der Waals surface area contributed by atoms with E-state index in [1.807, 2.05) is 67.6 Å². The fourth-order valence-electron chi connectivity index (χ4n) is 5.29. The molecule has 0 spiro atoms. The molecule has 2 amide bonds. The van der Waals surface area contributed by atoms with E-state index in [2.05, 4.69) is 5.32 Å². The number of benzene rings is 3. The first-order valence-corrected chi connectivity index (χ1v) is 15.8. The number of carbonyl (C=O) groups is 2. The molecule has 0 radical (unpaired) electrons. The van der Waals surface area contributed by atoms with Crippen LogP contribution in [0.25, 0.3) is 0 Å². The van der Waals surface area contributed by atoms with Gasteiger partial charge in [-0.1, -0.05) is 67.4 Å². The molecule has 1 aliphatic carbocycles. The van der Waals surface area contributed by atoms with Crippen LogP contribution in [0.2, 0.25) is 0 Å². The minimum absolute atomic E-state index is 0.0642. The number of rotatable bonds is 12.